The maximum absolute atomic E-state index is 13.8. The molecule has 20 heavy (non-hydrogen) atoms. The number of halogens is 3. The van der Waals surface area contributed by atoms with Gasteiger partial charge in [0.2, 0.25) is 0 Å². The Morgan fingerprint density at radius 2 is 1.90 bits per heavy atom. The quantitative estimate of drug-likeness (QED) is 0.836. The highest BCUT2D eigenvalue weighted by Gasteiger charge is 2.14. The van der Waals surface area contributed by atoms with Crippen LogP contribution in [0.25, 0.3) is 0 Å². The van der Waals surface area contributed by atoms with Gasteiger partial charge in [-0.3, -0.25) is 0 Å². The topological polar surface area (TPSA) is 29.5 Å². The summed E-state index contributed by atoms with van der Waals surface area (Å²) in [6.07, 6.45) is -0.719. The van der Waals surface area contributed by atoms with E-state index in [1.807, 2.05) is 0 Å². The third kappa shape index (κ3) is 3.16. The van der Waals surface area contributed by atoms with Gasteiger partial charge in [0.25, 0.3) is 0 Å². The average Bonchev–Trinajstić information content (AvgIpc) is 2.43. The predicted octanol–water partition coefficient (Wildman–Crippen LogP) is 4.36. The number of benzene rings is 2. The normalized spacial score (nSPS) is 12.2. The van der Waals surface area contributed by atoms with E-state index in [2.05, 4.69) is 15.9 Å². The molecule has 0 aliphatic heterocycles. The van der Waals surface area contributed by atoms with Crippen LogP contribution in [0.4, 0.5) is 8.78 Å². The van der Waals surface area contributed by atoms with Crippen molar-refractivity contribution in [3.05, 3.63) is 63.6 Å². The van der Waals surface area contributed by atoms with Gasteiger partial charge in [-0.15, -0.1) is 0 Å². The minimum absolute atomic E-state index is 0.153. The maximum atomic E-state index is 13.8. The van der Waals surface area contributed by atoms with Gasteiger partial charge in [0.15, 0.2) is 0 Å². The zero-order chi connectivity index (χ0) is 14.7. The van der Waals surface area contributed by atoms with E-state index in [1.165, 1.54) is 12.1 Å². The summed E-state index contributed by atoms with van der Waals surface area (Å²) in [7, 11) is 0. The monoisotopic (exact) mass is 342 g/mol. The van der Waals surface area contributed by atoms with Crippen molar-refractivity contribution in [3.63, 3.8) is 0 Å². The van der Waals surface area contributed by atoms with E-state index in [1.54, 1.807) is 31.2 Å². The lowest BCUT2D eigenvalue weighted by molar-refractivity contribution is 0.189. The second kappa shape index (κ2) is 6.33. The van der Waals surface area contributed by atoms with E-state index >= 15 is 0 Å². The molecule has 0 spiro atoms. The molecule has 2 aromatic carbocycles. The number of aliphatic hydroxyl groups is 1. The van der Waals surface area contributed by atoms with E-state index in [0.717, 1.165) is 0 Å². The molecule has 0 amide bonds. The lowest BCUT2D eigenvalue weighted by atomic mass is 10.1. The van der Waals surface area contributed by atoms with E-state index in [4.69, 9.17) is 4.74 Å². The number of aliphatic hydroxyl groups excluding tert-OH is 1. The molecule has 0 bridgehead atoms. The van der Waals surface area contributed by atoms with Gasteiger partial charge >= 0.3 is 0 Å². The van der Waals surface area contributed by atoms with E-state index in [0.29, 0.717) is 11.3 Å². The predicted molar refractivity (Wildman–Crippen MR) is 75.5 cm³/mol. The minimum atomic E-state index is -0.719. The SMILES string of the molecule is C[C@H](O)c1ccccc1OCc1c(F)ccc(Br)c1F. The fourth-order valence-electron chi connectivity index (χ4n) is 1.81. The number of ether oxygens (including phenoxy) is 1. The van der Waals surface area contributed by atoms with E-state index in [9.17, 15) is 13.9 Å². The molecule has 1 atom stereocenters. The summed E-state index contributed by atoms with van der Waals surface area (Å²) in [5.74, 6) is -0.943. The molecule has 0 aromatic heterocycles. The summed E-state index contributed by atoms with van der Waals surface area (Å²) in [6, 6.07) is 9.32. The summed E-state index contributed by atoms with van der Waals surface area (Å²) in [5.41, 5.74) is 0.420. The van der Waals surface area contributed by atoms with Crippen LogP contribution in [0.2, 0.25) is 0 Å². The number of hydrogen-bond acceptors (Lipinski definition) is 2. The molecule has 2 nitrogen and oxygen atoms in total. The van der Waals surface area contributed by atoms with Crippen molar-refractivity contribution in [2.24, 2.45) is 0 Å². The highest BCUT2D eigenvalue weighted by molar-refractivity contribution is 9.10. The van der Waals surface area contributed by atoms with Gasteiger partial charge < -0.3 is 9.84 Å². The van der Waals surface area contributed by atoms with Crippen molar-refractivity contribution >= 4 is 15.9 Å². The Balaban J connectivity index is 2.24. The Bertz CT molecular complexity index is 615. The van der Waals surface area contributed by atoms with Gasteiger partial charge in [0.05, 0.1) is 16.1 Å². The first-order valence-corrected chi connectivity index (χ1v) is 6.82. The minimum Gasteiger partial charge on any atom is -0.488 e. The van der Waals surface area contributed by atoms with Crippen LogP contribution in [0.15, 0.2) is 40.9 Å². The second-order valence-corrected chi connectivity index (χ2v) is 5.18. The molecule has 0 unspecified atom stereocenters. The molecular weight excluding hydrogens is 330 g/mol. The summed E-state index contributed by atoms with van der Waals surface area (Å²) < 4.78 is 33.0. The summed E-state index contributed by atoms with van der Waals surface area (Å²) in [5, 5.41) is 9.62. The third-order valence-corrected chi connectivity index (χ3v) is 3.49. The first-order valence-electron chi connectivity index (χ1n) is 6.03. The van der Waals surface area contributed by atoms with Crippen molar-refractivity contribution in [2.45, 2.75) is 19.6 Å². The molecule has 0 fully saturated rings. The summed E-state index contributed by atoms with van der Waals surface area (Å²) in [6.45, 7) is 1.35. The lowest BCUT2D eigenvalue weighted by Crippen LogP contribution is -2.05. The Morgan fingerprint density at radius 3 is 2.60 bits per heavy atom. The Labute approximate surface area is 124 Å². The third-order valence-electron chi connectivity index (χ3n) is 2.88. The molecule has 106 valence electrons. The molecule has 0 saturated heterocycles. The van der Waals surface area contributed by atoms with Crippen LogP contribution < -0.4 is 4.74 Å². The Hall–Kier alpha value is -1.46. The molecule has 2 aromatic rings. The zero-order valence-corrected chi connectivity index (χ0v) is 12.3. The number of para-hydroxylation sites is 1. The summed E-state index contributed by atoms with van der Waals surface area (Å²) in [4.78, 5) is 0. The first-order chi connectivity index (χ1) is 9.50. The van der Waals surface area contributed by atoms with Gasteiger partial charge in [-0.1, -0.05) is 18.2 Å². The van der Waals surface area contributed by atoms with Crippen LogP contribution in [-0.2, 0) is 6.61 Å². The van der Waals surface area contributed by atoms with Crippen LogP contribution in [-0.4, -0.2) is 5.11 Å². The van der Waals surface area contributed by atoms with Gasteiger partial charge in [-0.25, -0.2) is 8.78 Å². The van der Waals surface area contributed by atoms with Gasteiger partial charge in [-0.2, -0.15) is 0 Å². The Kier molecular flexibility index (Phi) is 4.73. The molecule has 0 heterocycles. The van der Waals surface area contributed by atoms with Crippen LogP contribution in [0.1, 0.15) is 24.2 Å². The maximum Gasteiger partial charge on any atom is 0.146 e. The van der Waals surface area contributed by atoms with E-state index < -0.39 is 17.7 Å². The number of hydrogen-bond donors (Lipinski definition) is 1. The van der Waals surface area contributed by atoms with Crippen molar-refractivity contribution in [3.8, 4) is 5.75 Å². The fraction of sp³-hybridized carbons (Fsp3) is 0.200. The molecule has 1 N–H and O–H groups in total. The van der Waals surface area contributed by atoms with Gasteiger partial charge in [0.1, 0.15) is 24.0 Å². The van der Waals surface area contributed by atoms with Crippen molar-refractivity contribution in [1.82, 2.24) is 0 Å². The molecule has 0 saturated carbocycles. The highest BCUT2D eigenvalue weighted by atomic mass is 79.9. The number of rotatable bonds is 4. The smallest absolute Gasteiger partial charge is 0.146 e. The molecule has 0 aliphatic rings. The molecule has 0 radical (unpaired) electrons. The van der Waals surface area contributed by atoms with Crippen molar-refractivity contribution in [1.29, 1.82) is 0 Å². The molecule has 2 rings (SSSR count). The Morgan fingerprint density at radius 1 is 1.20 bits per heavy atom. The van der Waals surface area contributed by atoms with E-state index in [-0.39, 0.29) is 16.6 Å². The average molecular weight is 343 g/mol. The van der Waals surface area contributed by atoms with Crippen molar-refractivity contribution in [2.75, 3.05) is 0 Å². The van der Waals surface area contributed by atoms with Crippen LogP contribution in [0.3, 0.4) is 0 Å². The molecule has 5 heteroatoms. The summed E-state index contributed by atoms with van der Waals surface area (Å²) >= 11 is 3.01. The largest absolute Gasteiger partial charge is 0.488 e. The second-order valence-electron chi connectivity index (χ2n) is 4.32. The van der Waals surface area contributed by atoms with Crippen LogP contribution in [0.5, 0.6) is 5.75 Å². The zero-order valence-electron chi connectivity index (χ0n) is 10.7. The molecule has 0 aliphatic carbocycles. The molecular formula is C15H13BrF2O2. The van der Waals surface area contributed by atoms with Gasteiger partial charge in [-0.05, 0) is 41.1 Å². The first kappa shape index (κ1) is 14.9. The van der Waals surface area contributed by atoms with Crippen LogP contribution >= 0.6 is 15.9 Å². The fourth-order valence-corrected chi connectivity index (χ4v) is 2.18. The van der Waals surface area contributed by atoms with Crippen LogP contribution in [0, 0.1) is 11.6 Å². The van der Waals surface area contributed by atoms with Gasteiger partial charge in [0, 0.05) is 5.56 Å². The van der Waals surface area contributed by atoms with Crippen molar-refractivity contribution < 1.29 is 18.6 Å². The lowest BCUT2D eigenvalue weighted by Gasteiger charge is -2.14. The highest BCUT2D eigenvalue weighted by Crippen LogP contribution is 2.27. The standard InChI is InChI=1S/C15H13BrF2O2/c1-9(19)10-4-2-3-5-14(10)20-8-11-13(17)7-6-12(16)15(11)18/h2-7,9,19H,8H2,1H3/t9-/m0/s1.